The Hall–Kier alpha value is -0.570. The van der Waals surface area contributed by atoms with Crippen molar-refractivity contribution in [3.63, 3.8) is 0 Å². The molecular weight excluding hydrogens is 200 g/mol. The van der Waals surface area contributed by atoms with Crippen LogP contribution in [-0.4, -0.2) is 25.5 Å². The normalized spacial score (nSPS) is 27.4. The molecule has 2 unspecified atom stereocenters. The third-order valence-corrected chi connectivity index (χ3v) is 3.54. The third-order valence-electron chi connectivity index (χ3n) is 3.54. The molecule has 94 valence electrons. The number of hydrogen-bond donors (Lipinski definition) is 2. The van der Waals surface area contributed by atoms with Gasteiger partial charge in [-0.3, -0.25) is 4.79 Å². The Kier molecular flexibility index (Phi) is 5.26. The zero-order chi connectivity index (χ0) is 12.0. The zero-order valence-electron chi connectivity index (χ0n) is 10.9. The van der Waals surface area contributed by atoms with Crippen LogP contribution in [0.3, 0.4) is 0 Å². The molecule has 0 aromatic rings. The maximum absolute atomic E-state index is 11.8. The molecule has 3 nitrogen and oxygen atoms in total. The number of amides is 1. The maximum atomic E-state index is 11.8. The molecule has 1 aliphatic heterocycles. The minimum atomic E-state index is 0.158. The van der Waals surface area contributed by atoms with Crippen molar-refractivity contribution >= 4 is 5.91 Å². The van der Waals surface area contributed by atoms with E-state index in [2.05, 4.69) is 24.5 Å². The van der Waals surface area contributed by atoms with Gasteiger partial charge in [0.15, 0.2) is 0 Å². The van der Waals surface area contributed by atoms with E-state index in [9.17, 15) is 4.79 Å². The second-order valence-electron chi connectivity index (χ2n) is 5.50. The summed E-state index contributed by atoms with van der Waals surface area (Å²) in [5.41, 5.74) is 0.250. The predicted octanol–water partition coefficient (Wildman–Crippen LogP) is 1.93. The minimum Gasteiger partial charge on any atom is -0.355 e. The molecule has 1 fully saturated rings. The van der Waals surface area contributed by atoms with Crippen LogP contribution in [-0.2, 0) is 4.79 Å². The Bertz CT molecular complexity index is 222. The summed E-state index contributed by atoms with van der Waals surface area (Å²) in [6.07, 6.45) is 4.49. The highest BCUT2D eigenvalue weighted by Gasteiger charge is 2.27. The molecule has 16 heavy (non-hydrogen) atoms. The Labute approximate surface area is 99.4 Å². The summed E-state index contributed by atoms with van der Waals surface area (Å²) in [5, 5.41) is 6.50. The van der Waals surface area contributed by atoms with Gasteiger partial charge in [-0.05, 0) is 31.2 Å². The van der Waals surface area contributed by atoms with Gasteiger partial charge in [-0.15, -0.1) is 0 Å². The SMILES string of the molecule is CCCC(C)C(=O)NCC1(C)CCCNC1. The second kappa shape index (κ2) is 6.24. The van der Waals surface area contributed by atoms with E-state index in [1.54, 1.807) is 0 Å². The van der Waals surface area contributed by atoms with Crippen LogP contribution in [0.2, 0.25) is 0 Å². The molecule has 0 aromatic heterocycles. The molecule has 1 rings (SSSR count). The average molecular weight is 226 g/mol. The lowest BCUT2D eigenvalue weighted by Crippen LogP contribution is -2.46. The highest BCUT2D eigenvalue weighted by Crippen LogP contribution is 2.24. The fourth-order valence-corrected chi connectivity index (χ4v) is 2.31. The summed E-state index contributed by atoms with van der Waals surface area (Å²) in [4.78, 5) is 11.8. The van der Waals surface area contributed by atoms with Gasteiger partial charge in [-0.2, -0.15) is 0 Å². The van der Waals surface area contributed by atoms with Crippen LogP contribution in [0.1, 0.15) is 46.5 Å². The molecule has 2 atom stereocenters. The topological polar surface area (TPSA) is 41.1 Å². The number of hydrogen-bond acceptors (Lipinski definition) is 2. The van der Waals surface area contributed by atoms with Crippen molar-refractivity contribution in [2.45, 2.75) is 46.5 Å². The molecule has 0 aromatic carbocycles. The van der Waals surface area contributed by atoms with E-state index < -0.39 is 0 Å². The van der Waals surface area contributed by atoms with Gasteiger partial charge in [0, 0.05) is 19.0 Å². The summed E-state index contributed by atoms with van der Waals surface area (Å²) >= 11 is 0. The molecule has 3 heteroatoms. The molecule has 0 bridgehead atoms. The fraction of sp³-hybridized carbons (Fsp3) is 0.923. The Morgan fingerprint density at radius 3 is 2.88 bits per heavy atom. The predicted molar refractivity (Wildman–Crippen MR) is 67.3 cm³/mol. The summed E-state index contributed by atoms with van der Waals surface area (Å²) in [6, 6.07) is 0. The van der Waals surface area contributed by atoms with Gasteiger partial charge in [-0.25, -0.2) is 0 Å². The molecule has 0 aliphatic carbocycles. The van der Waals surface area contributed by atoms with Gasteiger partial charge in [0.05, 0.1) is 0 Å². The first-order valence-corrected chi connectivity index (χ1v) is 6.56. The summed E-state index contributed by atoms with van der Waals surface area (Å²) < 4.78 is 0. The van der Waals surface area contributed by atoms with Gasteiger partial charge < -0.3 is 10.6 Å². The lowest BCUT2D eigenvalue weighted by Gasteiger charge is -2.34. The summed E-state index contributed by atoms with van der Waals surface area (Å²) in [7, 11) is 0. The second-order valence-corrected chi connectivity index (χ2v) is 5.50. The molecule has 2 N–H and O–H groups in total. The van der Waals surface area contributed by atoms with Gasteiger partial charge in [0.2, 0.25) is 5.91 Å². The van der Waals surface area contributed by atoms with E-state index in [0.717, 1.165) is 32.5 Å². The van der Waals surface area contributed by atoms with Crippen molar-refractivity contribution in [2.24, 2.45) is 11.3 Å². The van der Waals surface area contributed by atoms with Gasteiger partial charge in [0.25, 0.3) is 0 Å². The largest absolute Gasteiger partial charge is 0.355 e. The van der Waals surface area contributed by atoms with Crippen molar-refractivity contribution in [2.75, 3.05) is 19.6 Å². The molecule has 0 radical (unpaired) electrons. The molecule has 1 aliphatic rings. The Morgan fingerprint density at radius 1 is 1.56 bits per heavy atom. The van der Waals surface area contributed by atoms with Crippen LogP contribution >= 0.6 is 0 Å². The van der Waals surface area contributed by atoms with Crippen molar-refractivity contribution in [1.29, 1.82) is 0 Å². The van der Waals surface area contributed by atoms with Gasteiger partial charge >= 0.3 is 0 Å². The number of nitrogens with one attached hydrogen (secondary N) is 2. The number of piperidine rings is 1. The summed E-state index contributed by atoms with van der Waals surface area (Å²) in [5.74, 6) is 0.374. The van der Waals surface area contributed by atoms with Gasteiger partial charge in [0.1, 0.15) is 0 Å². The van der Waals surface area contributed by atoms with Crippen molar-refractivity contribution in [1.82, 2.24) is 10.6 Å². The monoisotopic (exact) mass is 226 g/mol. The smallest absolute Gasteiger partial charge is 0.222 e. The quantitative estimate of drug-likeness (QED) is 0.752. The van der Waals surface area contributed by atoms with E-state index in [4.69, 9.17) is 0 Å². The molecule has 0 saturated carbocycles. The average Bonchev–Trinajstić information content (AvgIpc) is 2.27. The molecular formula is C13H26N2O. The minimum absolute atomic E-state index is 0.158. The van der Waals surface area contributed by atoms with Crippen LogP contribution in [0.25, 0.3) is 0 Å². The van der Waals surface area contributed by atoms with Crippen LogP contribution in [0.4, 0.5) is 0 Å². The standard InChI is InChI=1S/C13H26N2O/c1-4-6-11(2)12(16)15-10-13(3)7-5-8-14-9-13/h11,14H,4-10H2,1-3H3,(H,15,16). The van der Waals surface area contributed by atoms with E-state index in [1.165, 1.54) is 12.8 Å². The van der Waals surface area contributed by atoms with E-state index in [0.29, 0.717) is 0 Å². The van der Waals surface area contributed by atoms with Crippen LogP contribution in [0, 0.1) is 11.3 Å². The van der Waals surface area contributed by atoms with Crippen LogP contribution in [0.15, 0.2) is 0 Å². The zero-order valence-corrected chi connectivity index (χ0v) is 10.9. The Balaban J connectivity index is 2.29. The van der Waals surface area contributed by atoms with Gasteiger partial charge in [-0.1, -0.05) is 27.2 Å². The van der Waals surface area contributed by atoms with E-state index in [-0.39, 0.29) is 17.2 Å². The van der Waals surface area contributed by atoms with Crippen molar-refractivity contribution in [3.8, 4) is 0 Å². The number of rotatable bonds is 5. The van der Waals surface area contributed by atoms with E-state index >= 15 is 0 Å². The van der Waals surface area contributed by atoms with Crippen molar-refractivity contribution < 1.29 is 4.79 Å². The molecule has 1 heterocycles. The van der Waals surface area contributed by atoms with Crippen LogP contribution in [0.5, 0.6) is 0 Å². The molecule has 0 spiro atoms. The van der Waals surface area contributed by atoms with Crippen LogP contribution < -0.4 is 10.6 Å². The maximum Gasteiger partial charge on any atom is 0.222 e. The third kappa shape index (κ3) is 4.12. The lowest BCUT2D eigenvalue weighted by molar-refractivity contribution is -0.125. The Morgan fingerprint density at radius 2 is 2.31 bits per heavy atom. The lowest BCUT2D eigenvalue weighted by atomic mass is 9.82. The fourth-order valence-electron chi connectivity index (χ4n) is 2.31. The first-order chi connectivity index (χ1) is 7.57. The first kappa shape index (κ1) is 13.5. The molecule has 1 amide bonds. The summed E-state index contributed by atoms with van der Waals surface area (Å²) in [6.45, 7) is 9.35. The van der Waals surface area contributed by atoms with E-state index in [1.807, 2.05) is 6.92 Å². The first-order valence-electron chi connectivity index (χ1n) is 6.56. The highest BCUT2D eigenvalue weighted by molar-refractivity contribution is 5.78. The van der Waals surface area contributed by atoms with Crippen molar-refractivity contribution in [3.05, 3.63) is 0 Å². The molecule has 1 saturated heterocycles. The number of carbonyl (C=O) groups excluding carboxylic acids is 1. The highest BCUT2D eigenvalue weighted by atomic mass is 16.1. The number of carbonyl (C=O) groups is 1.